The van der Waals surface area contributed by atoms with Crippen LogP contribution in [-0.2, 0) is 16.4 Å². The Kier molecular flexibility index (Phi) is 5.58. The Morgan fingerprint density at radius 2 is 1.68 bits per heavy atom. The fraction of sp³-hybridized carbons (Fsp3) is 0.0870. The van der Waals surface area contributed by atoms with Crippen LogP contribution in [0.1, 0.15) is 11.3 Å². The number of primary sulfonamides is 1. The topological polar surface area (TPSA) is 95.4 Å². The maximum Gasteiger partial charge on any atom is 0.238 e. The van der Waals surface area contributed by atoms with E-state index in [0.29, 0.717) is 34.6 Å². The molecule has 4 aromatic rings. The first-order valence-electron chi connectivity index (χ1n) is 9.36. The molecule has 1 aromatic heterocycles. The highest BCUT2D eigenvalue weighted by molar-refractivity contribution is 7.89. The van der Waals surface area contributed by atoms with Gasteiger partial charge in [-0.25, -0.2) is 17.9 Å². The molecule has 0 amide bonds. The lowest BCUT2D eigenvalue weighted by Crippen LogP contribution is -2.11. The number of hydrogen-bond acceptors (Lipinski definition) is 5. The van der Waals surface area contributed by atoms with Crippen LogP contribution in [0.2, 0.25) is 0 Å². The standard InChI is InChI=1S/C23H19FN2O4S/c1-29-20-12-9-17(14-19(20)24)23-22(16-7-10-18(11-8-16)31(25,27)28)21(30-26-23)13-15-5-3-2-4-6-15/h2-12,14H,13H2,1H3,(H2,25,27,28). The molecule has 0 unspecified atom stereocenters. The van der Waals surface area contributed by atoms with Gasteiger partial charge in [-0.1, -0.05) is 47.6 Å². The van der Waals surface area contributed by atoms with Crippen molar-refractivity contribution in [2.24, 2.45) is 5.14 Å². The molecule has 0 aliphatic heterocycles. The molecule has 0 bridgehead atoms. The summed E-state index contributed by atoms with van der Waals surface area (Å²) in [5, 5.41) is 9.41. The summed E-state index contributed by atoms with van der Waals surface area (Å²) in [4.78, 5) is -0.00523. The molecule has 2 N–H and O–H groups in total. The van der Waals surface area contributed by atoms with E-state index in [-0.39, 0.29) is 10.6 Å². The van der Waals surface area contributed by atoms with Gasteiger partial charge >= 0.3 is 0 Å². The molecule has 4 rings (SSSR count). The summed E-state index contributed by atoms with van der Waals surface area (Å²) >= 11 is 0. The molecule has 0 spiro atoms. The molecule has 3 aromatic carbocycles. The molecule has 31 heavy (non-hydrogen) atoms. The molecule has 0 fully saturated rings. The average molecular weight is 438 g/mol. The Bertz CT molecular complexity index is 1320. The minimum absolute atomic E-state index is 0.00523. The highest BCUT2D eigenvalue weighted by Gasteiger charge is 2.21. The molecule has 8 heteroatoms. The molecule has 158 valence electrons. The third-order valence-corrected chi connectivity index (χ3v) is 5.80. The lowest BCUT2D eigenvalue weighted by molar-refractivity contribution is 0.386. The van der Waals surface area contributed by atoms with Gasteiger partial charge in [-0.15, -0.1) is 0 Å². The Morgan fingerprint density at radius 3 is 2.29 bits per heavy atom. The van der Waals surface area contributed by atoms with Crippen LogP contribution in [0, 0.1) is 5.82 Å². The predicted molar refractivity (Wildman–Crippen MR) is 115 cm³/mol. The van der Waals surface area contributed by atoms with Gasteiger partial charge in [0, 0.05) is 12.0 Å². The smallest absolute Gasteiger partial charge is 0.238 e. The third kappa shape index (κ3) is 4.35. The second-order valence-corrected chi connectivity index (χ2v) is 8.47. The molecule has 0 saturated heterocycles. The van der Waals surface area contributed by atoms with Crippen molar-refractivity contribution in [1.82, 2.24) is 5.16 Å². The average Bonchev–Trinajstić information content (AvgIpc) is 3.17. The van der Waals surface area contributed by atoms with Gasteiger partial charge in [0.2, 0.25) is 10.0 Å². The normalized spacial score (nSPS) is 11.5. The number of ether oxygens (including phenoxy) is 1. The fourth-order valence-electron chi connectivity index (χ4n) is 3.35. The zero-order chi connectivity index (χ0) is 22.0. The van der Waals surface area contributed by atoms with Gasteiger partial charge in [0.1, 0.15) is 11.5 Å². The maximum atomic E-state index is 14.3. The number of hydrogen-bond donors (Lipinski definition) is 1. The minimum atomic E-state index is -3.83. The number of nitrogens with zero attached hydrogens (tertiary/aromatic N) is 1. The summed E-state index contributed by atoms with van der Waals surface area (Å²) in [6, 6.07) is 20.3. The van der Waals surface area contributed by atoms with E-state index in [1.165, 1.54) is 31.4 Å². The van der Waals surface area contributed by atoms with E-state index in [4.69, 9.17) is 14.4 Å². The molecule has 0 aliphatic carbocycles. The third-order valence-electron chi connectivity index (χ3n) is 4.87. The van der Waals surface area contributed by atoms with Crippen molar-refractivity contribution in [3.63, 3.8) is 0 Å². The second kappa shape index (κ2) is 8.33. The van der Waals surface area contributed by atoms with E-state index in [0.717, 1.165) is 5.56 Å². The zero-order valence-electron chi connectivity index (χ0n) is 16.6. The highest BCUT2D eigenvalue weighted by atomic mass is 32.2. The van der Waals surface area contributed by atoms with E-state index in [9.17, 15) is 12.8 Å². The number of sulfonamides is 1. The molecular formula is C23H19FN2O4S. The van der Waals surface area contributed by atoms with Crippen molar-refractivity contribution in [3.05, 3.63) is 89.9 Å². The Morgan fingerprint density at radius 1 is 1.00 bits per heavy atom. The quantitative estimate of drug-likeness (QED) is 0.482. The first-order chi connectivity index (χ1) is 14.9. The van der Waals surface area contributed by atoms with Gasteiger partial charge < -0.3 is 9.26 Å². The van der Waals surface area contributed by atoms with Crippen molar-refractivity contribution in [2.45, 2.75) is 11.3 Å². The van der Waals surface area contributed by atoms with Crippen LogP contribution in [0.5, 0.6) is 5.75 Å². The van der Waals surface area contributed by atoms with Crippen LogP contribution >= 0.6 is 0 Å². The van der Waals surface area contributed by atoms with E-state index in [1.54, 1.807) is 18.2 Å². The summed E-state index contributed by atoms with van der Waals surface area (Å²) in [6.45, 7) is 0. The highest BCUT2D eigenvalue weighted by Crippen LogP contribution is 2.37. The van der Waals surface area contributed by atoms with Gasteiger partial charge in [-0.3, -0.25) is 0 Å². The molecule has 0 saturated carbocycles. The molecule has 1 heterocycles. The Balaban J connectivity index is 1.85. The predicted octanol–water partition coefficient (Wildman–Crippen LogP) is 4.39. The van der Waals surface area contributed by atoms with Gasteiger partial charge in [-0.05, 0) is 41.5 Å². The number of benzene rings is 3. The van der Waals surface area contributed by atoms with E-state index in [1.807, 2.05) is 30.3 Å². The maximum absolute atomic E-state index is 14.3. The SMILES string of the molecule is COc1ccc(-c2noc(Cc3ccccc3)c2-c2ccc(S(N)(=O)=O)cc2)cc1F. The monoisotopic (exact) mass is 438 g/mol. The Hall–Kier alpha value is -3.49. The van der Waals surface area contributed by atoms with Gasteiger partial charge in [0.25, 0.3) is 0 Å². The van der Waals surface area contributed by atoms with Crippen molar-refractivity contribution in [3.8, 4) is 28.1 Å². The van der Waals surface area contributed by atoms with Crippen molar-refractivity contribution < 1.29 is 22.1 Å². The summed E-state index contributed by atoms with van der Waals surface area (Å²) in [5.41, 5.74) is 3.27. The van der Waals surface area contributed by atoms with E-state index >= 15 is 0 Å². The van der Waals surface area contributed by atoms with Crippen molar-refractivity contribution in [1.29, 1.82) is 0 Å². The van der Waals surface area contributed by atoms with Crippen LogP contribution in [0.4, 0.5) is 4.39 Å². The van der Waals surface area contributed by atoms with Crippen LogP contribution in [-0.4, -0.2) is 20.7 Å². The number of aromatic nitrogens is 1. The lowest BCUT2D eigenvalue weighted by atomic mass is 9.96. The molecular weight excluding hydrogens is 419 g/mol. The first kappa shape index (κ1) is 20.8. The van der Waals surface area contributed by atoms with Gasteiger partial charge in [0.15, 0.2) is 11.6 Å². The lowest BCUT2D eigenvalue weighted by Gasteiger charge is -2.08. The molecule has 0 radical (unpaired) electrons. The van der Waals surface area contributed by atoms with Crippen LogP contribution < -0.4 is 9.88 Å². The van der Waals surface area contributed by atoms with Crippen LogP contribution in [0.25, 0.3) is 22.4 Å². The van der Waals surface area contributed by atoms with Crippen molar-refractivity contribution >= 4 is 10.0 Å². The number of nitrogens with two attached hydrogens (primary N) is 1. The van der Waals surface area contributed by atoms with E-state index < -0.39 is 15.8 Å². The number of halogens is 1. The second-order valence-electron chi connectivity index (χ2n) is 6.91. The minimum Gasteiger partial charge on any atom is -0.494 e. The zero-order valence-corrected chi connectivity index (χ0v) is 17.4. The number of methoxy groups -OCH3 is 1. The Labute approximate surface area is 179 Å². The summed E-state index contributed by atoms with van der Waals surface area (Å²) < 4.78 is 48.2. The summed E-state index contributed by atoms with van der Waals surface area (Å²) in [5.74, 6) is 0.166. The van der Waals surface area contributed by atoms with Crippen LogP contribution in [0.15, 0.2) is 82.2 Å². The van der Waals surface area contributed by atoms with Gasteiger partial charge in [-0.2, -0.15) is 0 Å². The molecule has 0 atom stereocenters. The van der Waals surface area contributed by atoms with Crippen LogP contribution in [0.3, 0.4) is 0 Å². The fourth-order valence-corrected chi connectivity index (χ4v) is 3.86. The first-order valence-corrected chi connectivity index (χ1v) is 10.9. The molecule has 0 aliphatic rings. The van der Waals surface area contributed by atoms with Gasteiger partial charge in [0.05, 0.1) is 17.6 Å². The van der Waals surface area contributed by atoms with Crippen molar-refractivity contribution in [2.75, 3.05) is 7.11 Å². The van der Waals surface area contributed by atoms with E-state index in [2.05, 4.69) is 5.16 Å². The summed E-state index contributed by atoms with van der Waals surface area (Å²) in [7, 11) is -2.43. The summed E-state index contributed by atoms with van der Waals surface area (Å²) in [6.07, 6.45) is 0.457. The molecule has 6 nitrogen and oxygen atoms in total. The largest absolute Gasteiger partial charge is 0.494 e. The number of rotatable bonds is 6.